The molecule has 0 amide bonds. The number of hydrogen-bond acceptors (Lipinski definition) is 2. The number of halogens is 1. The van der Waals surface area contributed by atoms with Crippen LogP contribution < -0.4 is 5.32 Å². The lowest BCUT2D eigenvalue weighted by atomic mass is 10.0. The van der Waals surface area contributed by atoms with Crippen LogP contribution in [0.1, 0.15) is 44.4 Å². The van der Waals surface area contributed by atoms with Crippen molar-refractivity contribution in [2.45, 2.75) is 40.0 Å². The molecule has 2 aromatic rings. The van der Waals surface area contributed by atoms with Crippen molar-refractivity contribution in [3.63, 3.8) is 0 Å². The highest BCUT2D eigenvalue weighted by atomic mass is 19.1. The van der Waals surface area contributed by atoms with Crippen LogP contribution in [-0.2, 0) is 0 Å². The summed E-state index contributed by atoms with van der Waals surface area (Å²) in [5.74, 6) is 0.137. The average molecular weight is 260 g/mol. The van der Waals surface area contributed by atoms with Gasteiger partial charge in [-0.25, -0.2) is 4.39 Å². The Morgan fingerprint density at radius 2 is 2.00 bits per heavy atom. The minimum atomic E-state index is -0.192. The monoisotopic (exact) mass is 260 g/mol. The number of anilines is 1. The molecule has 0 atom stereocenters. The molecule has 0 unspecified atom stereocenters. The van der Waals surface area contributed by atoms with Gasteiger partial charge in [0.2, 0.25) is 0 Å². The minimum absolute atomic E-state index is 0.192. The lowest BCUT2D eigenvalue weighted by Gasteiger charge is -2.14. The van der Waals surface area contributed by atoms with Gasteiger partial charge >= 0.3 is 0 Å². The van der Waals surface area contributed by atoms with Crippen molar-refractivity contribution in [1.82, 2.24) is 4.98 Å². The maximum Gasteiger partial charge on any atom is 0.128 e. The first kappa shape index (κ1) is 13.8. The van der Waals surface area contributed by atoms with Gasteiger partial charge in [0.05, 0.1) is 5.52 Å². The topological polar surface area (TPSA) is 24.9 Å². The van der Waals surface area contributed by atoms with E-state index in [0.717, 1.165) is 35.2 Å². The molecule has 102 valence electrons. The van der Waals surface area contributed by atoms with Gasteiger partial charge in [-0.3, -0.25) is 4.98 Å². The molecule has 0 saturated heterocycles. The fourth-order valence-corrected chi connectivity index (χ4v) is 2.08. The maximum absolute atomic E-state index is 13.7. The van der Waals surface area contributed by atoms with Crippen molar-refractivity contribution in [2.24, 2.45) is 0 Å². The Morgan fingerprint density at radius 1 is 1.26 bits per heavy atom. The average Bonchev–Trinajstić information content (AvgIpc) is 2.37. The molecule has 2 rings (SSSR count). The number of fused-ring (bicyclic) bond motifs is 1. The van der Waals surface area contributed by atoms with Gasteiger partial charge in [0.1, 0.15) is 5.82 Å². The molecule has 0 radical (unpaired) electrons. The largest absolute Gasteiger partial charge is 0.384 e. The number of nitrogens with one attached hydrogen (secondary N) is 1. The van der Waals surface area contributed by atoms with Crippen molar-refractivity contribution in [1.29, 1.82) is 0 Å². The van der Waals surface area contributed by atoms with E-state index in [1.54, 1.807) is 6.92 Å². The zero-order chi connectivity index (χ0) is 14.0. The fourth-order valence-electron chi connectivity index (χ4n) is 2.08. The summed E-state index contributed by atoms with van der Waals surface area (Å²) in [6, 6.07) is 5.49. The molecule has 0 aliphatic heterocycles. The van der Waals surface area contributed by atoms with Crippen LogP contribution in [0.4, 0.5) is 10.1 Å². The van der Waals surface area contributed by atoms with E-state index in [0.29, 0.717) is 11.5 Å². The summed E-state index contributed by atoms with van der Waals surface area (Å²) < 4.78 is 13.7. The van der Waals surface area contributed by atoms with Gasteiger partial charge in [-0.1, -0.05) is 20.8 Å². The predicted octanol–water partition coefficient (Wildman–Crippen LogP) is 4.63. The Bertz CT molecular complexity index is 591. The highest BCUT2D eigenvalue weighted by Crippen LogP contribution is 2.28. The number of nitrogens with zero attached hydrogens (tertiary/aromatic N) is 1. The third kappa shape index (κ3) is 2.86. The van der Waals surface area contributed by atoms with Gasteiger partial charge < -0.3 is 5.32 Å². The Balaban J connectivity index is 2.63. The Morgan fingerprint density at radius 3 is 2.63 bits per heavy atom. The van der Waals surface area contributed by atoms with Crippen LogP contribution >= 0.6 is 0 Å². The predicted molar refractivity (Wildman–Crippen MR) is 79.3 cm³/mol. The normalized spacial score (nSPS) is 11.3. The molecule has 2 nitrogen and oxygen atoms in total. The summed E-state index contributed by atoms with van der Waals surface area (Å²) in [4.78, 5) is 4.57. The molecule has 1 aromatic heterocycles. The second kappa shape index (κ2) is 5.55. The van der Waals surface area contributed by atoms with Crippen LogP contribution in [-0.4, -0.2) is 11.5 Å². The molecule has 0 bridgehead atoms. The van der Waals surface area contributed by atoms with Crippen LogP contribution in [0.15, 0.2) is 18.2 Å². The summed E-state index contributed by atoms with van der Waals surface area (Å²) in [6.07, 6.45) is 1.06. The van der Waals surface area contributed by atoms with Crippen molar-refractivity contribution in [3.05, 3.63) is 35.3 Å². The first-order valence-electron chi connectivity index (χ1n) is 6.87. The molecule has 0 spiro atoms. The summed E-state index contributed by atoms with van der Waals surface area (Å²) in [7, 11) is 0. The van der Waals surface area contributed by atoms with E-state index < -0.39 is 0 Å². The van der Waals surface area contributed by atoms with Crippen molar-refractivity contribution in [3.8, 4) is 0 Å². The quantitative estimate of drug-likeness (QED) is 0.867. The number of rotatable bonds is 4. The number of pyridine rings is 1. The Hall–Kier alpha value is -1.64. The van der Waals surface area contributed by atoms with E-state index in [-0.39, 0.29) is 5.82 Å². The second-order valence-corrected chi connectivity index (χ2v) is 5.29. The van der Waals surface area contributed by atoms with Gasteiger partial charge in [0, 0.05) is 29.4 Å². The zero-order valence-corrected chi connectivity index (χ0v) is 12.0. The van der Waals surface area contributed by atoms with Crippen LogP contribution in [0.3, 0.4) is 0 Å². The minimum Gasteiger partial charge on any atom is -0.384 e. The van der Waals surface area contributed by atoms with Crippen LogP contribution in [0.5, 0.6) is 0 Å². The second-order valence-electron chi connectivity index (χ2n) is 5.29. The van der Waals surface area contributed by atoms with E-state index >= 15 is 0 Å². The number of hydrogen-bond donors (Lipinski definition) is 1. The van der Waals surface area contributed by atoms with Crippen molar-refractivity contribution >= 4 is 16.6 Å². The first-order chi connectivity index (χ1) is 9.02. The third-order valence-electron chi connectivity index (χ3n) is 3.27. The molecule has 0 fully saturated rings. The highest BCUT2D eigenvalue weighted by molar-refractivity contribution is 5.92. The van der Waals surface area contributed by atoms with E-state index in [4.69, 9.17) is 0 Å². The first-order valence-corrected chi connectivity index (χ1v) is 6.87. The third-order valence-corrected chi connectivity index (χ3v) is 3.27. The fraction of sp³-hybridized carbons (Fsp3) is 0.438. The molecule has 3 heteroatoms. The van der Waals surface area contributed by atoms with Crippen LogP contribution in [0.2, 0.25) is 0 Å². The van der Waals surface area contributed by atoms with Gasteiger partial charge in [-0.15, -0.1) is 0 Å². The summed E-state index contributed by atoms with van der Waals surface area (Å²) in [6.45, 7) is 9.02. The molecule has 0 aliphatic rings. The van der Waals surface area contributed by atoms with E-state index in [9.17, 15) is 4.39 Å². The molecule has 1 N–H and O–H groups in total. The smallest absolute Gasteiger partial charge is 0.128 e. The van der Waals surface area contributed by atoms with Gasteiger partial charge in [-0.05, 0) is 37.0 Å². The number of aromatic nitrogens is 1. The van der Waals surface area contributed by atoms with Crippen molar-refractivity contribution in [2.75, 3.05) is 11.9 Å². The molecule has 1 aromatic carbocycles. The molecular weight excluding hydrogens is 239 g/mol. The SMILES string of the molecule is CCCNc1cc(C(C)C)nc2cc(F)c(C)cc12. The van der Waals surface area contributed by atoms with Gasteiger partial charge in [0.25, 0.3) is 0 Å². The summed E-state index contributed by atoms with van der Waals surface area (Å²) in [5, 5.41) is 4.41. The van der Waals surface area contributed by atoms with Crippen LogP contribution in [0.25, 0.3) is 10.9 Å². The Kier molecular flexibility index (Phi) is 4.03. The van der Waals surface area contributed by atoms with Crippen molar-refractivity contribution < 1.29 is 4.39 Å². The number of aryl methyl sites for hydroxylation is 1. The molecule has 0 aliphatic carbocycles. The lowest BCUT2D eigenvalue weighted by Crippen LogP contribution is -2.04. The van der Waals surface area contributed by atoms with Crippen LogP contribution in [0, 0.1) is 12.7 Å². The zero-order valence-electron chi connectivity index (χ0n) is 12.0. The molecular formula is C16H21FN2. The number of benzene rings is 1. The van der Waals surface area contributed by atoms with E-state index in [1.807, 2.05) is 6.07 Å². The van der Waals surface area contributed by atoms with E-state index in [2.05, 4.69) is 37.1 Å². The van der Waals surface area contributed by atoms with Gasteiger partial charge in [-0.2, -0.15) is 0 Å². The van der Waals surface area contributed by atoms with Gasteiger partial charge in [0.15, 0.2) is 0 Å². The standard InChI is InChI=1S/C16H21FN2/c1-5-6-18-15-9-14(10(2)3)19-16-8-13(17)11(4)7-12(15)16/h7-10H,5-6H2,1-4H3,(H,18,19). The molecule has 19 heavy (non-hydrogen) atoms. The highest BCUT2D eigenvalue weighted by Gasteiger charge is 2.10. The molecule has 0 saturated carbocycles. The maximum atomic E-state index is 13.7. The van der Waals surface area contributed by atoms with E-state index in [1.165, 1.54) is 6.07 Å². The summed E-state index contributed by atoms with van der Waals surface area (Å²) in [5.41, 5.74) is 3.44. The lowest BCUT2D eigenvalue weighted by molar-refractivity contribution is 0.620. The molecule has 1 heterocycles. The Labute approximate surface area is 114 Å². The summed E-state index contributed by atoms with van der Waals surface area (Å²) >= 11 is 0.